The molecule has 0 saturated heterocycles. The van der Waals surface area contributed by atoms with Crippen molar-refractivity contribution in [1.29, 1.82) is 0 Å². The van der Waals surface area contributed by atoms with Gasteiger partial charge in [-0.1, -0.05) is 0 Å². The van der Waals surface area contributed by atoms with Crippen molar-refractivity contribution in [3.8, 4) is 5.75 Å². The summed E-state index contributed by atoms with van der Waals surface area (Å²) < 4.78 is 94.3. The Kier molecular flexibility index (Phi) is 5.95. The summed E-state index contributed by atoms with van der Waals surface area (Å²) in [4.78, 5) is -0.796. The lowest BCUT2D eigenvalue weighted by molar-refractivity contribution is -0.0436. The first kappa shape index (κ1) is 18.6. The minimum Gasteiger partial charge on any atom is -0.497 e. The molecule has 0 fully saturated rings. The lowest BCUT2D eigenvalue weighted by atomic mass is 10.3. The zero-order valence-corrected chi connectivity index (χ0v) is 11.3. The molecule has 0 amide bonds. The van der Waals surface area contributed by atoms with Gasteiger partial charge in [0.05, 0.1) is 12.0 Å². The number of halogens is 3. The van der Waals surface area contributed by atoms with Crippen LogP contribution in [0.4, 0.5) is 13.2 Å². The fourth-order valence-corrected chi connectivity index (χ4v) is 1.65. The average Bonchev–Trinajstić information content (AvgIpc) is 2.25. The van der Waals surface area contributed by atoms with Crippen molar-refractivity contribution in [2.24, 2.45) is 0 Å². The van der Waals surface area contributed by atoms with Crippen molar-refractivity contribution in [1.82, 2.24) is 0 Å². The van der Waals surface area contributed by atoms with E-state index in [-0.39, 0.29) is 5.75 Å². The van der Waals surface area contributed by atoms with Crippen LogP contribution in [0, 0.1) is 0 Å². The molecule has 12 heteroatoms. The zero-order valence-electron chi connectivity index (χ0n) is 9.70. The molecule has 0 saturated carbocycles. The van der Waals surface area contributed by atoms with E-state index in [1.807, 2.05) is 0 Å². The molecule has 0 bridgehead atoms. The van der Waals surface area contributed by atoms with Gasteiger partial charge in [-0.25, -0.2) is 8.42 Å². The normalized spacial score (nSPS) is 12.3. The van der Waals surface area contributed by atoms with Crippen LogP contribution in [0.5, 0.6) is 5.75 Å². The molecular formula is C8H9F3O7S2. The van der Waals surface area contributed by atoms with Gasteiger partial charge in [-0.3, -0.25) is 9.11 Å². The summed E-state index contributed by atoms with van der Waals surface area (Å²) in [7, 11) is -8.60. The van der Waals surface area contributed by atoms with Gasteiger partial charge >= 0.3 is 15.9 Å². The van der Waals surface area contributed by atoms with Crippen LogP contribution < -0.4 is 4.74 Å². The highest BCUT2D eigenvalue weighted by molar-refractivity contribution is 7.92. The van der Waals surface area contributed by atoms with Crippen molar-refractivity contribution >= 4 is 20.2 Å². The molecule has 0 aliphatic carbocycles. The Bertz CT molecular complexity index is 624. The summed E-state index contributed by atoms with van der Waals surface area (Å²) in [5, 5.41) is 0. The summed E-state index contributed by atoms with van der Waals surface area (Å²) in [6, 6.07) is 4.00. The molecule has 20 heavy (non-hydrogen) atoms. The molecule has 7 nitrogen and oxygen atoms in total. The highest BCUT2D eigenvalue weighted by Crippen LogP contribution is 2.30. The Morgan fingerprint density at radius 1 is 1.00 bits per heavy atom. The lowest BCUT2D eigenvalue weighted by Crippen LogP contribution is -2.23. The average molecular weight is 338 g/mol. The van der Waals surface area contributed by atoms with Gasteiger partial charge < -0.3 is 4.74 Å². The largest absolute Gasteiger partial charge is 0.501 e. The number of benzene rings is 1. The van der Waals surface area contributed by atoms with E-state index in [0.29, 0.717) is 0 Å². The number of alkyl halides is 3. The first-order chi connectivity index (χ1) is 8.79. The van der Waals surface area contributed by atoms with Crippen molar-refractivity contribution in [2.45, 2.75) is 10.4 Å². The van der Waals surface area contributed by atoms with E-state index < -0.39 is 30.6 Å². The summed E-state index contributed by atoms with van der Waals surface area (Å²) in [6.45, 7) is 0. The second kappa shape index (κ2) is 6.39. The van der Waals surface area contributed by atoms with E-state index in [9.17, 15) is 21.6 Å². The van der Waals surface area contributed by atoms with Crippen LogP contribution in [0.3, 0.4) is 0 Å². The van der Waals surface area contributed by atoms with Gasteiger partial charge in [0.2, 0.25) is 0 Å². The van der Waals surface area contributed by atoms with Crippen LogP contribution in [0.1, 0.15) is 0 Å². The Morgan fingerprint density at radius 3 is 1.60 bits per heavy atom. The van der Waals surface area contributed by atoms with Crippen molar-refractivity contribution in [2.75, 3.05) is 7.11 Å². The molecular weight excluding hydrogens is 329 g/mol. The second-order valence-corrected chi connectivity index (χ2v) is 5.91. The number of hydrogen-bond donors (Lipinski definition) is 2. The third-order valence-electron chi connectivity index (χ3n) is 1.67. The Hall–Kier alpha value is -1.37. The summed E-state index contributed by atoms with van der Waals surface area (Å²) in [6.07, 6.45) is 0. The zero-order chi connectivity index (χ0) is 16.2. The number of hydrogen-bond acceptors (Lipinski definition) is 5. The first-order valence-corrected chi connectivity index (χ1v) is 7.32. The van der Waals surface area contributed by atoms with Gasteiger partial charge in [-0.05, 0) is 24.3 Å². The molecule has 2 N–H and O–H groups in total. The molecule has 1 aromatic carbocycles. The highest BCUT2D eigenvalue weighted by atomic mass is 32.3. The van der Waals surface area contributed by atoms with Crippen molar-refractivity contribution in [3.05, 3.63) is 24.3 Å². The van der Waals surface area contributed by atoms with Gasteiger partial charge in [-0.15, -0.1) is 0 Å². The molecule has 1 rings (SSSR count). The maximum absolute atomic E-state index is 12.1. The van der Waals surface area contributed by atoms with Gasteiger partial charge in [0.1, 0.15) is 5.75 Å². The van der Waals surface area contributed by atoms with Gasteiger partial charge in [-0.2, -0.15) is 21.6 Å². The van der Waals surface area contributed by atoms with Gasteiger partial charge in [0.15, 0.2) is 0 Å². The van der Waals surface area contributed by atoms with E-state index in [4.69, 9.17) is 22.3 Å². The summed E-state index contributed by atoms with van der Waals surface area (Å²) >= 11 is 0. The maximum atomic E-state index is 12.1. The molecule has 0 spiro atoms. The van der Waals surface area contributed by atoms with Crippen LogP contribution in [-0.2, 0) is 20.2 Å². The number of sulfone groups is 1. The number of methoxy groups -OCH3 is 1. The van der Waals surface area contributed by atoms with E-state index >= 15 is 0 Å². The molecule has 0 radical (unpaired) electrons. The quantitative estimate of drug-likeness (QED) is 0.781. The van der Waals surface area contributed by atoms with Gasteiger partial charge in [0, 0.05) is 0 Å². The smallest absolute Gasteiger partial charge is 0.497 e. The Morgan fingerprint density at radius 2 is 1.35 bits per heavy atom. The van der Waals surface area contributed by atoms with Crippen molar-refractivity contribution < 1.29 is 43.8 Å². The van der Waals surface area contributed by atoms with Crippen LogP contribution in [0.2, 0.25) is 0 Å². The summed E-state index contributed by atoms with van der Waals surface area (Å²) in [5.41, 5.74) is -5.28. The van der Waals surface area contributed by atoms with E-state index in [0.717, 1.165) is 24.3 Å². The van der Waals surface area contributed by atoms with E-state index in [1.54, 1.807) is 0 Å². The van der Waals surface area contributed by atoms with E-state index in [1.165, 1.54) is 7.11 Å². The van der Waals surface area contributed by atoms with E-state index in [2.05, 4.69) is 0 Å². The summed E-state index contributed by atoms with van der Waals surface area (Å²) in [5.74, 6) is 0.288. The predicted molar refractivity (Wildman–Crippen MR) is 60.4 cm³/mol. The van der Waals surface area contributed by atoms with Gasteiger partial charge in [0.25, 0.3) is 9.84 Å². The van der Waals surface area contributed by atoms with Crippen molar-refractivity contribution in [3.63, 3.8) is 0 Å². The molecule has 0 aliphatic heterocycles. The molecule has 0 atom stereocenters. The monoisotopic (exact) mass is 338 g/mol. The highest BCUT2D eigenvalue weighted by Gasteiger charge is 2.46. The Labute approximate surface area is 112 Å². The minimum absolute atomic E-state index is 0.288. The predicted octanol–water partition coefficient (Wildman–Crippen LogP) is 1.34. The SMILES string of the molecule is COc1ccc(S(=O)(=O)C(F)(F)F)cc1.O=S(=O)(O)O. The van der Waals surface area contributed by atoms with Crippen LogP contribution >= 0.6 is 0 Å². The van der Waals surface area contributed by atoms with Crippen LogP contribution in [0.15, 0.2) is 29.2 Å². The molecule has 0 aliphatic rings. The fraction of sp³-hybridized carbons (Fsp3) is 0.250. The molecule has 1 aromatic rings. The number of rotatable bonds is 2. The molecule has 116 valence electrons. The second-order valence-electron chi connectivity index (χ2n) is 3.07. The minimum atomic E-state index is -5.28. The van der Waals surface area contributed by atoms with Crippen LogP contribution in [-0.4, -0.2) is 38.6 Å². The molecule has 0 aromatic heterocycles. The first-order valence-electron chi connectivity index (χ1n) is 4.44. The topological polar surface area (TPSA) is 118 Å². The standard InChI is InChI=1S/C8H7F3O3S.H2O4S/c1-14-6-2-4-7(5-3-6)15(12,13)8(9,10)11;1-5(2,3)4/h2-5H,1H3;(H2,1,2,3,4). The molecule has 0 unspecified atom stereocenters. The lowest BCUT2D eigenvalue weighted by Gasteiger charge is -2.08. The van der Waals surface area contributed by atoms with Crippen LogP contribution in [0.25, 0.3) is 0 Å². The maximum Gasteiger partial charge on any atom is 0.501 e. The Balaban J connectivity index is 0.000000621. The third-order valence-corrected chi connectivity index (χ3v) is 3.18. The third kappa shape index (κ3) is 6.18. The fourth-order valence-electron chi connectivity index (χ4n) is 0.889. The molecule has 0 heterocycles. The number of ether oxygens (including phenoxy) is 1.